The monoisotopic (exact) mass is 381 g/mol. The van der Waals surface area contributed by atoms with Gasteiger partial charge in [-0.3, -0.25) is 4.90 Å². The molecule has 1 fully saturated rings. The van der Waals surface area contributed by atoms with E-state index in [1.165, 1.54) is 11.6 Å². The van der Waals surface area contributed by atoms with Gasteiger partial charge >= 0.3 is 0 Å². The Morgan fingerprint density at radius 1 is 1.21 bits per heavy atom. The molecular weight excluding hydrogens is 357 g/mol. The fourth-order valence-electron chi connectivity index (χ4n) is 3.73. The van der Waals surface area contributed by atoms with Crippen molar-refractivity contribution in [3.8, 4) is 11.4 Å². The summed E-state index contributed by atoms with van der Waals surface area (Å²) in [4.78, 5) is 6.68. The van der Waals surface area contributed by atoms with E-state index in [2.05, 4.69) is 27.2 Å². The zero-order valence-corrected chi connectivity index (χ0v) is 15.9. The van der Waals surface area contributed by atoms with Gasteiger partial charge in [-0.1, -0.05) is 47.6 Å². The number of likely N-dealkylation sites (tertiary alicyclic amines) is 1. The Morgan fingerprint density at radius 2 is 2.04 bits per heavy atom. The van der Waals surface area contributed by atoms with Gasteiger partial charge in [-0.2, -0.15) is 4.98 Å². The number of aliphatic hydroxyl groups is 1. The molecule has 1 aliphatic rings. The molecule has 0 amide bonds. The van der Waals surface area contributed by atoms with Crippen LogP contribution in [0.5, 0.6) is 0 Å². The third-order valence-corrected chi connectivity index (χ3v) is 5.29. The van der Waals surface area contributed by atoms with E-state index >= 15 is 0 Å². The summed E-state index contributed by atoms with van der Waals surface area (Å²) < 4.78 is 19.3. The molecule has 146 valence electrons. The number of aryl methyl sites for hydroxylation is 2. The van der Waals surface area contributed by atoms with Crippen LogP contribution in [0, 0.1) is 12.7 Å². The molecule has 1 saturated heterocycles. The number of nitrogens with zero attached hydrogens (tertiary/aromatic N) is 3. The van der Waals surface area contributed by atoms with Crippen LogP contribution in [0.15, 0.2) is 53.1 Å². The highest BCUT2D eigenvalue weighted by Crippen LogP contribution is 2.32. The maximum atomic E-state index is 13.8. The van der Waals surface area contributed by atoms with Crippen LogP contribution in [0.4, 0.5) is 4.39 Å². The number of hydrogen-bond acceptors (Lipinski definition) is 5. The zero-order valence-electron chi connectivity index (χ0n) is 15.9. The summed E-state index contributed by atoms with van der Waals surface area (Å²) >= 11 is 0. The lowest BCUT2D eigenvalue weighted by atomic mass is 10.1. The van der Waals surface area contributed by atoms with Crippen LogP contribution in [0.3, 0.4) is 0 Å². The molecule has 0 saturated carbocycles. The highest BCUT2D eigenvalue weighted by molar-refractivity contribution is 5.55. The Balaban J connectivity index is 1.44. The van der Waals surface area contributed by atoms with Gasteiger partial charge < -0.3 is 9.63 Å². The lowest BCUT2D eigenvalue weighted by Gasteiger charge is -2.20. The van der Waals surface area contributed by atoms with E-state index in [1.54, 1.807) is 19.1 Å². The molecule has 1 aliphatic heterocycles. The predicted molar refractivity (Wildman–Crippen MR) is 104 cm³/mol. The van der Waals surface area contributed by atoms with Crippen molar-refractivity contribution >= 4 is 0 Å². The van der Waals surface area contributed by atoms with E-state index in [4.69, 9.17) is 4.52 Å². The number of β-amino-alcohol motifs (C(OH)–C–C–N with tert-alkyl or cyclic N) is 1. The molecule has 0 aliphatic carbocycles. The summed E-state index contributed by atoms with van der Waals surface area (Å²) in [5.74, 6) is 0.564. The Morgan fingerprint density at radius 3 is 2.82 bits per heavy atom. The van der Waals surface area contributed by atoms with Gasteiger partial charge in [-0.25, -0.2) is 4.39 Å². The SMILES string of the molecule is Cc1ccc(-c2noc(C3CC(O)CN3CCCc3ccccc3)n2)cc1F. The number of benzene rings is 2. The first-order valence-electron chi connectivity index (χ1n) is 9.66. The van der Waals surface area contributed by atoms with Gasteiger partial charge in [0.05, 0.1) is 12.1 Å². The summed E-state index contributed by atoms with van der Waals surface area (Å²) in [6, 6.07) is 15.2. The van der Waals surface area contributed by atoms with Gasteiger partial charge in [-0.15, -0.1) is 0 Å². The van der Waals surface area contributed by atoms with Gasteiger partial charge in [0, 0.05) is 12.1 Å². The van der Waals surface area contributed by atoms with E-state index in [1.807, 2.05) is 18.2 Å². The third kappa shape index (κ3) is 4.13. The standard InChI is InChI=1S/C22H24FN3O2/c1-15-9-10-17(12-19(15)23)21-24-22(28-25-21)20-13-18(27)14-26(20)11-5-8-16-6-3-2-4-7-16/h2-4,6-7,9-10,12,18,20,27H,5,8,11,13-14H2,1H3. The molecule has 5 nitrogen and oxygen atoms in total. The van der Waals surface area contributed by atoms with Crippen molar-refractivity contribution in [1.82, 2.24) is 15.0 Å². The molecule has 1 aromatic heterocycles. The summed E-state index contributed by atoms with van der Waals surface area (Å²) in [5, 5.41) is 14.2. The van der Waals surface area contributed by atoms with E-state index in [0.717, 1.165) is 19.4 Å². The second-order valence-corrected chi connectivity index (χ2v) is 7.41. The van der Waals surface area contributed by atoms with Crippen molar-refractivity contribution in [3.05, 3.63) is 71.4 Å². The summed E-state index contributed by atoms with van der Waals surface area (Å²) in [5.41, 5.74) is 2.48. The minimum atomic E-state index is -0.408. The van der Waals surface area contributed by atoms with E-state index in [9.17, 15) is 9.50 Å². The van der Waals surface area contributed by atoms with Crippen LogP contribution >= 0.6 is 0 Å². The number of hydrogen-bond donors (Lipinski definition) is 1. The smallest absolute Gasteiger partial charge is 0.244 e. The molecular formula is C22H24FN3O2. The summed E-state index contributed by atoms with van der Waals surface area (Å²) in [6.45, 7) is 3.15. The van der Waals surface area contributed by atoms with E-state index in [-0.39, 0.29) is 11.9 Å². The highest BCUT2D eigenvalue weighted by Gasteiger charge is 2.35. The number of aromatic nitrogens is 2. The molecule has 0 spiro atoms. The molecule has 1 N–H and O–H groups in total. The fraction of sp³-hybridized carbons (Fsp3) is 0.364. The second-order valence-electron chi connectivity index (χ2n) is 7.41. The Labute approximate surface area is 163 Å². The van der Waals surface area contributed by atoms with Gasteiger partial charge in [0.1, 0.15) is 5.82 Å². The molecule has 2 heterocycles. The lowest BCUT2D eigenvalue weighted by Crippen LogP contribution is -2.26. The third-order valence-electron chi connectivity index (χ3n) is 5.29. The van der Waals surface area contributed by atoms with Crippen molar-refractivity contribution in [3.63, 3.8) is 0 Å². The van der Waals surface area contributed by atoms with Crippen molar-refractivity contribution in [2.75, 3.05) is 13.1 Å². The topological polar surface area (TPSA) is 62.4 Å². The average Bonchev–Trinajstić information content (AvgIpc) is 3.31. The largest absolute Gasteiger partial charge is 0.392 e. The molecule has 2 aromatic carbocycles. The van der Waals surface area contributed by atoms with Crippen molar-refractivity contribution in [2.24, 2.45) is 0 Å². The Hall–Kier alpha value is -2.57. The molecule has 2 atom stereocenters. The molecule has 0 radical (unpaired) electrons. The Kier molecular flexibility index (Phi) is 5.50. The van der Waals surface area contributed by atoms with Crippen LogP contribution in [0.2, 0.25) is 0 Å². The fourth-order valence-corrected chi connectivity index (χ4v) is 3.73. The van der Waals surface area contributed by atoms with Crippen molar-refractivity contribution < 1.29 is 14.0 Å². The molecule has 28 heavy (non-hydrogen) atoms. The summed E-state index contributed by atoms with van der Waals surface area (Å²) in [6.07, 6.45) is 2.12. The van der Waals surface area contributed by atoms with Crippen LogP contribution in [-0.2, 0) is 6.42 Å². The first-order valence-corrected chi connectivity index (χ1v) is 9.66. The van der Waals surface area contributed by atoms with Gasteiger partial charge in [-0.05, 0) is 49.9 Å². The molecule has 0 bridgehead atoms. The first-order chi connectivity index (χ1) is 13.6. The quantitative estimate of drug-likeness (QED) is 0.701. The minimum absolute atomic E-state index is 0.109. The molecule has 4 rings (SSSR count). The molecule has 2 unspecified atom stereocenters. The Bertz CT molecular complexity index is 929. The van der Waals surface area contributed by atoms with E-state index < -0.39 is 6.10 Å². The first kappa shape index (κ1) is 18.8. The second kappa shape index (κ2) is 8.20. The summed E-state index contributed by atoms with van der Waals surface area (Å²) in [7, 11) is 0. The van der Waals surface area contributed by atoms with Crippen molar-refractivity contribution in [2.45, 2.75) is 38.3 Å². The lowest BCUT2D eigenvalue weighted by molar-refractivity contribution is 0.172. The number of rotatable bonds is 6. The zero-order chi connectivity index (χ0) is 19.5. The molecule has 3 aromatic rings. The average molecular weight is 381 g/mol. The maximum Gasteiger partial charge on any atom is 0.244 e. The van der Waals surface area contributed by atoms with Crippen LogP contribution in [0.1, 0.15) is 35.9 Å². The highest BCUT2D eigenvalue weighted by atomic mass is 19.1. The van der Waals surface area contributed by atoms with Crippen LogP contribution in [0.25, 0.3) is 11.4 Å². The number of halogens is 1. The minimum Gasteiger partial charge on any atom is -0.392 e. The van der Waals surface area contributed by atoms with Gasteiger partial charge in [0.25, 0.3) is 0 Å². The maximum absolute atomic E-state index is 13.8. The van der Waals surface area contributed by atoms with Crippen LogP contribution < -0.4 is 0 Å². The molecule has 6 heteroatoms. The predicted octanol–water partition coefficient (Wildman–Crippen LogP) is 3.92. The van der Waals surface area contributed by atoms with Gasteiger partial charge in [0.2, 0.25) is 11.7 Å². The van der Waals surface area contributed by atoms with Crippen LogP contribution in [-0.4, -0.2) is 39.3 Å². The van der Waals surface area contributed by atoms with E-state index in [0.29, 0.717) is 35.8 Å². The number of aliphatic hydroxyl groups excluding tert-OH is 1. The van der Waals surface area contributed by atoms with Crippen molar-refractivity contribution in [1.29, 1.82) is 0 Å². The van der Waals surface area contributed by atoms with Gasteiger partial charge in [0.15, 0.2) is 0 Å². The normalized spacial score (nSPS) is 20.0.